The predicted octanol–water partition coefficient (Wildman–Crippen LogP) is 4.83. The van der Waals surface area contributed by atoms with Crippen LogP contribution in [0.2, 0.25) is 0 Å². The van der Waals surface area contributed by atoms with Gasteiger partial charge in [-0.2, -0.15) is 0 Å². The Morgan fingerprint density at radius 1 is 1.19 bits per heavy atom. The molecule has 154 valence electrons. The van der Waals surface area contributed by atoms with Crippen LogP contribution in [0.5, 0.6) is 11.6 Å². The molecule has 0 aliphatic carbocycles. The fraction of sp³-hybridized carbons (Fsp3) is 0.0455. The summed E-state index contributed by atoms with van der Waals surface area (Å²) in [5.41, 5.74) is 1.03. The van der Waals surface area contributed by atoms with Gasteiger partial charge in [0.15, 0.2) is 16.6 Å². The third-order valence-corrected chi connectivity index (χ3v) is 5.78. The SMILES string of the molecule is Cc1ccc(C(=O)c2c(O)c(O)n(-c3nc4ccc(F)cc4s3)c2-c2cccnc2)o1. The van der Waals surface area contributed by atoms with Gasteiger partial charge in [-0.25, -0.2) is 9.37 Å². The molecule has 0 atom stereocenters. The van der Waals surface area contributed by atoms with E-state index in [1.807, 2.05) is 0 Å². The Hall–Kier alpha value is -3.98. The number of thiazole rings is 1. The van der Waals surface area contributed by atoms with Gasteiger partial charge in [0, 0.05) is 18.0 Å². The standard InChI is InChI=1S/C22H14FN3O4S/c1-11-4-7-15(30-11)19(27)17-18(12-3-2-8-24-10-12)26(21(29)20(17)28)22-25-14-6-5-13(23)9-16(14)31-22/h2-10,28-29H,1H3. The van der Waals surface area contributed by atoms with Gasteiger partial charge in [-0.3, -0.25) is 14.3 Å². The minimum atomic E-state index is -0.608. The first-order valence-electron chi connectivity index (χ1n) is 9.18. The maximum atomic E-state index is 13.7. The number of furan rings is 1. The van der Waals surface area contributed by atoms with Crippen molar-refractivity contribution in [3.8, 4) is 28.0 Å². The van der Waals surface area contributed by atoms with Crippen molar-refractivity contribution in [2.75, 3.05) is 0 Å². The molecule has 7 nitrogen and oxygen atoms in total. The molecule has 5 rings (SSSR count). The summed E-state index contributed by atoms with van der Waals surface area (Å²) in [4.78, 5) is 21.8. The van der Waals surface area contributed by atoms with Crippen molar-refractivity contribution in [3.05, 3.63) is 77.8 Å². The molecule has 9 heteroatoms. The molecule has 0 unspecified atom stereocenters. The van der Waals surface area contributed by atoms with Gasteiger partial charge in [0.25, 0.3) is 0 Å². The number of halogens is 1. The fourth-order valence-electron chi connectivity index (χ4n) is 3.39. The Morgan fingerprint density at radius 2 is 2.03 bits per heavy atom. The number of aryl methyl sites for hydroxylation is 1. The van der Waals surface area contributed by atoms with Gasteiger partial charge in [0.05, 0.1) is 21.5 Å². The van der Waals surface area contributed by atoms with Crippen molar-refractivity contribution in [1.29, 1.82) is 0 Å². The molecule has 0 bridgehead atoms. The highest BCUT2D eigenvalue weighted by Crippen LogP contribution is 2.45. The number of pyridine rings is 1. The molecule has 31 heavy (non-hydrogen) atoms. The van der Waals surface area contributed by atoms with Crippen LogP contribution in [-0.2, 0) is 0 Å². The molecular weight excluding hydrogens is 421 g/mol. The van der Waals surface area contributed by atoms with Crippen LogP contribution >= 0.6 is 11.3 Å². The van der Waals surface area contributed by atoms with Crippen molar-refractivity contribution in [1.82, 2.24) is 14.5 Å². The van der Waals surface area contributed by atoms with Crippen LogP contribution in [-0.4, -0.2) is 30.5 Å². The average molecular weight is 435 g/mol. The quantitative estimate of drug-likeness (QED) is 0.392. The summed E-state index contributed by atoms with van der Waals surface area (Å²) in [6.45, 7) is 1.70. The lowest BCUT2D eigenvalue weighted by molar-refractivity contribution is 0.101. The number of carbonyl (C=O) groups is 1. The largest absolute Gasteiger partial charge is 0.503 e. The van der Waals surface area contributed by atoms with Crippen LogP contribution in [0.3, 0.4) is 0 Å². The van der Waals surface area contributed by atoms with E-state index < -0.39 is 23.2 Å². The molecule has 0 amide bonds. The monoisotopic (exact) mass is 435 g/mol. The molecule has 0 aliphatic rings. The van der Waals surface area contributed by atoms with E-state index >= 15 is 0 Å². The van der Waals surface area contributed by atoms with Crippen molar-refractivity contribution in [2.24, 2.45) is 0 Å². The summed E-state index contributed by atoms with van der Waals surface area (Å²) >= 11 is 1.11. The lowest BCUT2D eigenvalue weighted by atomic mass is 10.0. The van der Waals surface area contributed by atoms with E-state index in [2.05, 4.69) is 9.97 Å². The van der Waals surface area contributed by atoms with Gasteiger partial charge in [-0.15, -0.1) is 0 Å². The molecule has 5 aromatic rings. The van der Waals surface area contributed by atoms with Crippen molar-refractivity contribution < 1.29 is 23.8 Å². The Labute approximate surface area is 178 Å². The zero-order valence-corrected chi connectivity index (χ0v) is 16.9. The number of fused-ring (bicyclic) bond motifs is 1. The second-order valence-electron chi connectivity index (χ2n) is 6.82. The highest BCUT2D eigenvalue weighted by atomic mass is 32.1. The lowest BCUT2D eigenvalue weighted by Gasteiger charge is -2.08. The Balaban J connectivity index is 1.81. The number of carbonyl (C=O) groups excluding carboxylic acids is 1. The van der Waals surface area contributed by atoms with E-state index in [9.17, 15) is 19.4 Å². The van der Waals surface area contributed by atoms with Gasteiger partial charge in [-0.1, -0.05) is 11.3 Å². The molecule has 4 aromatic heterocycles. The third kappa shape index (κ3) is 3.06. The van der Waals surface area contributed by atoms with Crippen LogP contribution in [0, 0.1) is 12.7 Å². The first-order valence-corrected chi connectivity index (χ1v) is 10.0. The molecule has 0 spiro atoms. The Morgan fingerprint density at radius 3 is 2.74 bits per heavy atom. The summed E-state index contributed by atoms with van der Waals surface area (Å²) in [6.07, 6.45) is 3.07. The molecule has 0 aliphatic heterocycles. The summed E-state index contributed by atoms with van der Waals surface area (Å²) < 4.78 is 20.9. The van der Waals surface area contributed by atoms with Gasteiger partial charge >= 0.3 is 0 Å². The van der Waals surface area contributed by atoms with Gasteiger partial charge in [-0.05, 0) is 49.4 Å². The fourth-order valence-corrected chi connectivity index (χ4v) is 4.39. The maximum absolute atomic E-state index is 13.7. The van der Waals surface area contributed by atoms with E-state index in [4.69, 9.17) is 4.42 Å². The van der Waals surface area contributed by atoms with Crippen LogP contribution in [0.15, 0.2) is 59.3 Å². The van der Waals surface area contributed by atoms with E-state index in [1.165, 1.54) is 35.0 Å². The van der Waals surface area contributed by atoms with Crippen molar-refractivity contribution >= 4 is 27.3 Å². The summed E-state index contributed by atoms with van der Waals surface area (Å²) in [5, 5.41) is 21.8. The second kappa shape index (κ2) is 7.06. The Bertz CT molecular complexity index is 1450. The molecule has 0 fully saturated rings. The topological polar surface area (TPSA) is 101 Å². The highest BCUT2D eigenvalue weighted by molar-refractivity contribution is 7.20. The first-order chi connectivity index (χ1) is 14.9. The maximum Gasteiger partial charge on any atom is 0.242 e. The number of aromatic nitrogens is 3. The molecule has 2 N–H and O–H groups in total. The van der Waals surface area contributed by atoms with Gasteiger partial charge in [0.1, 0.15) is 11.6 Å². The number of nitrogens with zero attached hydrogens (tertiary/aromatic N) is 3. The number of ketones is 1. The van der Waals surface area contributed by atoms with Gasteiger partial charge < -0.3 is 14.6 Å². The predicted molar refractivity (Wildman–Crippen MR) is 112 cm³/mol. The number of aromatic hydroxyl groups is 2. The summed E-state index contributed by atoms with van der Waals surface area (Å²) in [6, 6.07) is 10.6. The minimum Gasteiger partial charge on any atom is -0.503 e. The van der Waals surface area contributed by atoms with Gasteiger partial charge in [0.2, 0.25) is 11.7 Å². The molecule has 0 saturated heterocycles. The minimum absolute atomic E-state index is 0.0152. The number of benzene rings is 1. The van der Waals surface area contributed by atoms with Crippen LogP contribution < -0.4 is 0 Å². The highest BCUT2D eigenvalue weighted by Gasteiger charge is 2.32. The lowest BCUT2D eigenvalue weighted by Crippen LogP contribution is -2.04. The smallest absolute Gasteiger partial charge is 0.242 e. The molecule has 0 saturated carbocycles. The van der Waals surface area contributed by atoms with Crippen molar-refractivity contribution in [2.45, 2.75) is 6.92 Å². The average Bonchev–Trinajstić information content (AvgIpc) is 3.44. The van der Waals surface area contributed by atoms with Crippen LogP contribution in [0.25, 0.3) is 26.6 Å². The zero-order valence-electron chi connectivity index (χ0n) is 16.0. The van der Waals surface area contributed by atoms with E-state index in [0.717, 1.165) is 11.3 Å². The molecule has 0 radical (unpaired) electrons. The third-order valence-electron chi connectivity index (χ3n) is 4.78. The summed E-state index contributed by atoms with van der Waals surface area (Å²) in [7, 11) is 0. The number of hydrogen-bond donors (Lipinski definition) is 2. The second-order valence-corrected chi connectivity index (χ2v) is 7.83. The molecular formula is C22H14FN3O4S. The van der Waals surface area contributed by atoms with E-state index in [1.54, 1.807) is 31.3 Å². The molecule has 1 aromatic carbocycles. The van der Waals surface area contributed by atoms with E-state index in [-0.39, 0.29) is 22.1 Å². The van der Waals surface area contributed by atoms with Crippen molar-refractivity contribution in [3.63, 3.8) is 0 Å². The first kappa shape index (κ1) is 19.0. The van der Waals surface area contributed by atoms with Crippen LogP contribution in [0.4, 0.5) is 4.39 Å². The summed E-state index contributed by atoms with van der Waals surface area (Å²) in [5.74, 6) is -1.65. The Kier molecular flexibility index (Phi) is 4.33. The normalized spacial score (nSPS) is 11.3. The number of hydrogen-bond acceptors (Lipinski definition) is 7. The number of rotatable bonds is 4. The van der Waals surface area contributed by atoms with E-state index in [0.29, 0.717) is 21.5 Å². The molecule has 4 heterocycles. The van der Waals surface area contributed by atoms with Crippen LogP contribution in [0.1, 0.15) is 21.9 Å². The zero-order chi connectivity index (χ0) is 21.7.